The lowest BCUT2D eigenvalue weighted by Gasteiger charge is -2.14. The van der Waals surface area contributed by atoms with Crippen molar-refractivity contribution in [2.45, 2.75) is 0 Å². The SMILES string of the molecule is COc1cc(C=C2C(=O)NN(c3cccc(Br)c3)C2=O)ccc1OCC(=O)O. The van der Waals surface area contributed by atoms with Crippen LogP contribution in [-0.4, -0.2) is 36.6 Å². The summed E-state index contributed by atoms with van der Waals surface area (Å²) in [5.41, 5.74) is 3.53. The summed E-state index contributed by atoms with van der Waals surface area (Å²) in [5.74, 6) is -1.62. The molecule has 1 fully saturated rings. The fourth-order valence-corrected chi connectivity index (χ4v) is 2.94. The van der Waals surface area contributed by atoms with E-state index >= 15 is 0 Å². The molecular weight excluding hydrogens is 432 g/mol. The van der Waals surface area contributed by atoms with Crippen molar-refractivity contribution in [3.63, 3.8) is 0 Å². The first-order valence-electron chi connectivity index (χ1n) is 8.04. The largest absolute Gasteiger partial charge is 0.493 e. The van der Waals surface area contributed by atoms with Crippen LogP contribution in [-0.2, 0) is 14.4 Å². The summed E-state index contributed by atoms with van der Waals surface area (Å²) >= 11 is 3.33. The number of hydrogen-bond donors (Lipinski definition) is 2. The van der Waals surface area contributed by atoms with Crippen LogP contribution in [0.5, 0.6) is 11.5 Å². The molecule has 28 heavy (non-hydrogen) atoms. The molecule has 1 aliphatic heterocycles. The summed E-state index contributed by atoms with van der Waals surface area (Å²) in [6.07, 6.45) is 1.43. The van der Waals surface area contributed by atoms with Crippen LogP contribution in [0.3, 0.4) is 0 Å². The lowest BCUT2D eigenvalue weighted by atomic mass is 10.1. The number of rotatable bonds is 6. The monoisotopic (exact) mass is 446 g/mol. The first kappa shape index (κ1) is 19.4. The highest BCUT2D eigenvalue weighted by atomic mass is 79.9. The number of nitrogens with one attached hydrogen (secondary N) is 1. The third kappa shape index (κ3) is 4.15. The molecule has 0 bridgehead atoms. The molecule has 1 aliphatic rings. The molecule has 2 N–H and O–H groups in total. The van der Waals surface area contributed by atoms with E-state index in [4.69, 9.17) is 14.6 Å². The van der Waals surface area contributed by atoms with Gasteiger partial charge in [0.2, 0.25) is 0 Å². The Bertz CT molecular complexity index is 988. The number of hydrazine groups is 1. The van der Waals surface area contributed by atoms with Crippen LogP contribution >= 0.6 is 15.9 Å². The molecular formula is C19H15BrN2O6. The van der Waals surface area contributed by atoms with Crippen LogP contribution < -0.4 is 19.9 Å². The first-order valence-corrected chi connectivity index (χ1v) is 8.83. The number of carboxylic acids is 1. The first-order chi connectivity index (χ1) is 13.4. The number of carbonyl (C=O) groups excluding carboxylic acids is 2. The van der Waals surface area contributed by atoms with Crippen molar-refractivity contribution >= 4 is 45.5 Å². The summed E-state index contributed by atoms with van der Waals surface area (Å²) in [6, 6.07) is 11.6. The fraction of sp³-hybridized carbons (Fsp3) is 0.105. The van der Waals surface area contributed by atoms with Gasteiger partial charge in [0.1, 0.15) is 5.57 Å². The number of halogens is 1. The van der Waals surface area contributed by atoms with E-state index in [1.807, 2.05) is 6.07 Å². The summed E-state index contributed by atoms with van der Waals surface area (Å²) < 4.78 is 11.1. The van der Waals surface area contributed by atoms with E-state index in [0.29, 0.717) is 11.3 Å². The number of aliphatic carboxylic acids is 1. The quantitative estimate of drug-likeness (QED) is 0.521. The molecule has 0 aromatic heterocycles. The maximum atomic E-state index is 12.7. The van der Waals surface area contributed by atoms with E-state index in [1.54, 1.807) is 30.3 Å². The van der Waals surface area contributed by atoms with Gasteiger partial charge in [0.25, 0.3) is 11.8 Å². The van der Waals surface area contributed by atoms with Crippen LogP contribution in [0.15, 0.2) is 52.5 Å². The van der Waals surface area contributed by atoms with Gasteiger partial charge in [0, 0.05) is 4.47 Å². The average Bonchev–Trinajstić information content (AvgIpc) is 2.95. The van der Waals surface area contributed by atoms with Crippen LogP contribution in [0.2, 0.25) is 0 Å². The molecule has 8 nitrogen and oxygen atoms in total. The van der Waals surface area contributed by atoms with Gasteiger partial charge in [-0.3, -0.25) is 15.0 Å². The van der Waals surface area contributed by atoms with E-state index in [9.17, 15) is 14.4 Å². The Labute approximate surface area is 168 Å². The Balaban J connectivity index is 1.87. The van der Waals surface area contributed by atoms with Gasteiger partial charge in [-0.15, -0.1) is 0 Å². The zero-order valence-electron chi connectivity index (χ0n) is 14.6. The minimum atomic E-state index is -1.12. The molecule has 1 saturated heterocycles. The molecule has 0 radical (unpaired) electrons. The van der Waals surface area contributed by atoms with Crippen molar-refractivity contribution in [2.75, 3.05) is 18.7 Å². The molecule has 0 unspecified atom stereocenters. The summed E-state index contributed by atoms with van der Waals surface area (Å²) in [6.45, 7) is -0.515. The Kier molecular flexibility index (Phi) is 5.65. The number of hydrogen-bond acceptors (Lipinski definition) is 5. The highest BCUT2D eigenvalue weighted by molar-refractivity contribution is 9.10. The molecule has 1 heterocycles. The van der Waals surface area contributed by atoms with Gasteiger partial charge in [0.15, 0.2) is 18.1 Å². The molecule has 2 aromatic rings. The second kappa shape index (κ2) is 8.13. The van der Waals surface area contributed by atoms with Crippen molar-refractivity contribution in [1.29, 1.82) is 0 Å². The maximum absolute atomic E-state index is 12.7. The molecule has 144 valence electrons. The lowest BCUT2D eigenvalue weighted by molar-refractivity contribution is -0.139. The number of anilines is 1. The number of benzene rings is 2. The molecule has 3 rings (SSSR count). The highest BCUT2D eigenvalue weighted by Crippen LogP contribution is 2.30. The summed E-state index contributed by atoms with van der Waals surface area (Å²) in [7, 11) is 1.41. The predicted molar refractivity (Wildman–Crippen MR) is 104 cm³/mol. The van der Waals surface area contributed by atoms with E-state index in [0.717, 1.165) is 4.47 Å². The number of amides is 2. The minimum absolute atomic E-state index is 0.0405. The van der Waals surface area contributed by atoms with Gasteiger partial charge < -0.3 is 14.6 Å². The van der Waals surface area contributed by atoms with Gasteiger partial charge in [-0.05, 0) is 42.0 Å². The Morgan fingerprint density at radius 3 is 2.68 bits per heavy atom. The lowest BCUT2D eigenvalue weighted by Crippen LogP contribution is -2.35. The predicted octanol–water partition coefficient (Wildman–Crippen LogP) is 2.38. The third-order valence-corrected chi connectivity index (χ3v) is 4.30. The number of carboxylic acid groups (broad SMARTS) is 1. The van der Waals surface area contributed by atoms with Gasteiger partial charge in [-0.1, -0.05) is 28.1 Å². The van der Waals surface area contributed by atoms with Gasteiger partial charge in [-0.25, -0.2) is 9.80 Å². The number of ether oxygens (including phenoxy) is 2. The molecule has 2 aromatic carbocycles. The molecule has 2 amide bonds. The maximum Gasteiger partial charge on any atom is 0.341 e. The van der Waals surface area contributed by atoms with Crippen molar-refractivity contribution in [2.24, 2.45) is 0 Å². The van der Waals surface area contributed by atoms with Gasteiger partial charge in [-0.2, -0.15) is 0 Å². The number of carbonyl (C=O) groups is 3. The van der Waals surface area contributed by atoms with Crippen molar-refractivity contribution in [1.82, 2.24) is 5.43 Å². The van der Waals surface area contributed by atoms with Gasteiger partial charge in [0.05, 0.1) is 12.8 Å². The zero-order chi connectivity index (χ0) is 20.3. The van der Waals surface area contributed by atoms with Crippen LogP contribution in [0.4, 0.5) is 5.69 Å². The van der Waals surface area contributed by atoms with E-state index in [-0.39, 0.29) is 17.1 Å². The second-order valence-electron chi connectivity index (χ2n) is 5.71. The Morgan fingerprint density at radius 1 is 1.21 bits per heavy atom. The third-order valence-electron chi connectivity index (χ3n) is 3.81. The van der Waals surface area contributed by atoms with Crippen molar-refractivity contribution in [3.8, 4) is 11.5 Å². The Morgan fingerprint density at radius 2 is 2.00 bits per heavy atom. The Hall–Kier alpha value is -3.33. The molecule has 0 spiro atoms. The molecule has 0 atom stereocenters. The standard InChI is InChI=1S/C19H15BrN2O6/c1-27-16-8-11(5-6-15(16)28-10-17(23)24)7-14-18(25)21-22(19(14)26)13-4-2-3-12(20)9-13/h2-9H,10H2,1H3,(H,21,25)(H,23,24). The topological polar surface area (TPSA) is 105 Å². The van der Waals surface area contributed by atoms with Crippen molar-refractivity contribution < 1.29 is 29.0 Å². The van der Waals surface area contributed by atoms with E-state index in [2.05, 4.69) is 21.4 Å². The number of nitrogens with zero attached hydrogens (tertiary/aromatic N) is 1. The van der Waals surface area contributed by atoms with Crippen LogP contribution in [0.25, 0.3) is 6.08 Å². The minimum Gasteiger partial charge on any atom is -0.493 e. The highest BCUT2D eigenvalue weighted by Gasteiger charge is 2.34. The zero-order valence-corrected chi connectivity index (χ0v) is 16.2. The van der Waals surface area contributed by atoms with Gasteiger partial charge >= 0.3 is 5.97 Å². The van der Waals surface area contributed by atoms with Crippen LogP contribution in [0, 0.1) is 0 Å². The normalized spacial score (nSPS) is 14.9. The van der Waals surface area contributed by atoms with Crippen molar-refractivity contribution in [3.05, 3.63) is 58.1 Å². The summed E-state index contributed by atoms with van der Waals surface area (Å²) in [4.78, 5) is 35.6. The average molecular weight is 447 g/mol. The summed E-state index contributed by atoms with van der Waals surface area (Å²) in [5, 5.41) is 9.88. The fourth-order valence-electron chi connectivity index (χ4n) is 2.55. The van der Waals surface area contributed by atoms with Crippen LogP contribution in [0.1, 0.15) is 5.56 Å². The molecule has 0 aliphatic carbocycles. The second-order valence-corrected chi connectivity index (χ2v) is 6.63. The van der Waals surface area contributed by atoms with E-state index < -0.39 is 24.4 Å². The molecule has 9 heteroatoms. The molecule has 0 saturated carbocycles. The van der Waals surface area contributed by atoms with E-state index in [1.165, 1.54) is 24.3 Å². The smallest absolute Gasteiger partial charge is 0.341 e. The number of methoxy groups -OCH3 is 1.